The van der Waals surface area contributed by atoms with E-state index in [1.54, 1.807) is 0 Å². The Bertz CT molecular complexity index is 52.8. The maximum absolute atomic E-state index is 3.83. The van der Waals surface area contributed by atoms with Crippen LogP contribution in [0.1, 0.15) is 0 Å². The van der Waals surface area contributed by atoms with E-state index >= 15 is 0 Å². The fraction of sp³-hybridized carbons (Fsp3) is 0.500. The van der Waals surface area contributed by atoms with Gasteiger partial charge in [-0.15, -0.1) is 0 Å². The Morgan fingerprint density at radius 2 is 2.50 bits per heavy atom. The zero-order valence-corrected chi connectivity index (χ0v) is 7.51. The molecule has 3 unspecified atom stereocenters. The Kier molecular flexibility index (Phi) is 5.58. The van der Waals surface area contributed by atoms with Crippen LogP contribution in [0.25, 0.3) is 0 Å². The number of hydrogen-bond donors (Lipinski definition) is 0. The minimum Gasteiger partial charge on any atom is -0.0341 e. The van der Waals surface area contributed by atoms with Crippen molar-refractivity contribution < 1.29 is 0 Å². The summed E-state index contributed by atoms with van der Waals surface area (Å²) in [5.41, 5.74) is 0. The van der Waals surface area contributed by atoms with Gasteiger partial charge in [-0.2, -0.15) is 0 Å². The first-order valence-corrected chi connectivity index (χ1v) is 8.25. The highest BCUT2D eigenvalue weighted by atomic mass is 33.1. The standard InChI is InChI=1S/C2H8P3S/c1-4-6-5(2)3/h4H,2-3H2,1H3/q+1. The summed E-state index contributed by atoms with van der Waals surface area (Å²) in [6.07, 6.45) is 3.82. The quantitative estimate of drug-likeness (QED) is 0.555. The monoisotopic (exact) mass is 157 g/mol. The van der Waals surface area contributed by atoms with Gasteiger partial charge >= 0.3 is 0 Å². The molecule has 0 aliphatic rings. The average molecular weight is 157 g/mol. The Morgan fingerprint density at radius 1 is 2.00 bits per heavy atom. The van der Waals surface area contributed by atoms with Crippen molar-refractivity contribution in [2.45, 2.75) is 0 Å². The van der Waals surface area contributed by atoms with E-state index in [0.717, 1.165) is 7.78 Å². The second kappa shape index (κ2) is 4.54. The second-order valence-electron chi connectivity index (χ2n) is 0.712. The first-order chi connectivity index (χ1) is 2.77. The molecule has 0 aliphatic heterocycles. The molecule has 0 aromatic carbocycles. The molecule has 6 heavy (non-hydrogen) atoms. The van der Waals surface area contributed by atoms with E-state index in [1.807, 2.05) is 11.0 Å². The number of hydrogen-bond acceptors (Lipinski definition) is 1. The van der Waals surface area contributed by atoms with Crippen LogP contribution in [0.5, 0.6) is 0 Å². The zero-order chi connectivity index (χ0) is 4.99. The molecule has 0 spiro atoms. The molecule has 4 heteroatoms. The normalized spacial score (nSPS) is 13.3. The van der Waals surface area contributed by atoms with Crippen molar-refractivity contribution in [3.8, 4) is 0 Å². The van der Waals surface area contributed by atoms with Crippen LogP contribution in [-0.2, 0) is 0 Å². The van der Waals surface area contributed by atoms with Crippen molar-refractivity contribution in [3.63, 3.8) is 0 Å². The molecule has 0 heterocycles. The zero-order valence-electron chi connectivity index (χ0n) is 3.64. The van der Waals surface area contributed by atoms with E-state index in [-0.39, 0.29) is 6.44 Å². The molecule has 0 saturated carbocycles. The largest absolute Gasteiger partial charge is 0.173 e. The maximum Gasteiger partial charge on any atom is 0.173 e. The highest BCUT2D eigenvalue weighted by molar-refractivity contribution is 8.89. The van der Waals surface area contributed by atoms with Gasteiger partial charge in [0.1, 0.15) is 11.0 Å². The summed E-state index contributed by atoms with van der Waals surface area (Å²) in [6, 6.07) is 0. The molecule has 0 amide bonds. The van der Waals surface area contributed by atoms with Crippen LogP contribution < -0.4 is 0 Å². The molecule has 0 rings (SSSR count). The Labute approximate surface area is 47.6 Å². The molecule has 0 bridgehead atoms. The first kappa shape index (κ1) is 7.38. The van der Waals surface area contributed by atoms with Crippen molar-refractivity contribution >= 4 is 40.4 Å². The molecule has 0 N–H and O–H groups in total. The molecule has 0 fully saturated rings. The van der Waals surface area contributed by atoms with E-state index in [4.69, 9.17) is 0 Å². The van der Waals surface area contributed by atoms with E-state index in [2.05, 4.69) is 21.9 Å². The fourth-order valence-electron chi connectivity index (χ4n) is 0.117. The topological polar surface area (TPSA) is 0 Å². The van der Waals surface area contributed by atoms with Crippen molar-refractivity contribution in [2.75, 3.05) is 6.66 Å². The minimum atomic E-state index is -0.00489. The van der Waals surface area contributed by atoms with Gasteiger partial charge in [-0.1, -0.05) is 0 Å². The van der Waals surface area contributed by atoms with E-state index < -0.39 is 0 Å². The summed E-state index contributed by atoms with van der Waals surface area (Å²) in [5, 5.41) is 0. The predicted molar refractivity (Wildman–Crippen MR) is 45.6 cm³/mol. The Balaban J connectivity index is 2.83. The molecular weight excluding hydrogens is 149 g/mol. The van der Waals surface area contributed by atoms with Gasteiger partial charge in [-0.3, -0.25) is 0 Å². The van der Waals surface area contributed by atoms with Gasteiger partial charge in [-0.05, 0) is 14.4 Å². The lowest BCUT2D eigenvalue weighted by atomic mass is 12.0. The van der Waals surface area contributed by atoms with Crippen molar-refractivity contribution in [2.24, 2.45) is 0 Å². The van der Waals surface area contributed by atoms with Gasteiger partial charge in [0.2, 0.25) is 0 Å². The van der Waals surface area contributed by atoms with Crippen LogP contribution in [-0.4, -0.2) is 13.0 Å². The van der Waals surface area contributed by atoms with Crippen LogP contribution >= 0.6 is 34.1 Å². The first-order valence-electron chi connectivity index (χ1n) is 1.46. The lowest BCUT2D eigenvalue weighted by molar-refractivity contribution is 2.51. The summed E-state index contributed by atoms with van der Waals surface area (Å²) < 4.78 is 0. The van der Waals surface area contributed by atoms with Gasteiger partial charge in [0.25, 0.3) is 0 Å². The molecule has 0 aromatic rings. The highest BCUT2D eigenvalue weighted by Crippen LogP contribution is 2.53. The summed E-state index contributed by atoms with van der Waals surface area (Å²) in [5.74, 6) is 0. The third kappa shape index (κ3) is 5.38. The minimum absolute atomic E-state index is 0.00489. The summed E-state index contributed by atoms with van der Waals surface area (Å²) >= 11 is 1.93. The van der Waals surface area contributed by atoms with Crippen LogP contribution in [0.3, 0.4) is 0 Å². The molecule has 0 nitrogen and oxygen atoms in total. The van der Waals surface area contributed by atoms with Gasteiger partial charge in [-0.25, -0.2) is 0 Å². The van der Waals surface area contributed by atoms with Crippen LogP contribution in [0.2, 0.25) is 0 Å². The molecule has 0 aromatic heterocycles. The van der Waals surface area contributed by atoms with Crippen molar-refractivity contribution in [1.29, 1.82) is 0 Å². The average Bonchev–Trinajstić information content (AvgIpc) is 1.35. The summed E-state index contributed by atoms with van der Waals surface area (Å²) in [6.45, 7) is 2.18. The maximum atomic E-state index is 3.83. The van der Waals surface area contributed by atoms with Gasteiger partial charge < -0.3 is 0 Å². The van der Waals surface area contributed by atoms with E-state index in [1.165, 1.54) is 0 Å². The van der Waals surface area contributed by atoms with E-state index in [0.29, 0.717) is 0 Å². The lowest BCUT2D eigenvalue weighted by Gasteiger charge is -1.72. The summed E-state index contributed by atoms with van der Waals surface area (Å²) in [4.78, 5) is 0. The van der Waals surface area contributed by atoms with Gasteiger partial charge in [0.15, 0.2) is 6.44 Å². The predicted octanol–water partition coefficient (Wildman–Crippen LogP) is 2.56. The molecular formula is C2H8P3S+. The highest BCUT2D eigenvalue weighted by Gasteiger charge is 1.91. The molecule has 0 aliphatic carbocycles. The second-order valence-corrected chi connectivity index (χ2v) is 9.95. The Hall–Kier alpha value is 1.38. The van der Waals surface area contributed by atoms with Crippen LogP contribution in [0.4, 0.5) is 0 Å². The lowest BCUT2D eigenvalue weighted by Crippen LogP contribution is -1.21. The van der Waals surface area contributed by atoms with Crippen LogP contribution in [0.15, 0.2) is 0 Å². The van der Waals surface area contributed by atoms with E-state index in [9.17, 15) is 0 Å². The smallest absolute Gasteiger partial charge is 0.0341 e. The Morgan fingerprint density at radius 3 is 2.50 bits per heavy atom. The molecule has 0 saturated heterocycles. The SMILES string of the molecule is C=[P+](P)SPC. The molecule has 0 radical (unpaired) electrons. The van der Waals surface area contributed by atoms with Gasteiger partial charge in [0, 0.05) is 0 Å². The third-order valence-corrected chi connectivity index (χ3v) is 8.48. The van der Waals surface area contributed by atoms with Crippen LogP contribution in [0, 0.1) is 0 Å². The van der Waals surface area contributed by atoms with Crippen molar-refractivity contribution in [3.05, 3.63) is 0 Å². The number of rotatable bonds is 2. The summed E-state index contributed by atoms with van der Waals surface area (Å²) in [7, 11) is 3.70. The molecule has 36 valence electrons. The fourth-order valence-corrected chi connectivity index (χ4v) is 6.01. The third-order valence-electron chi connectivity index (χ3n) is 0.209. The van der Waals surface area contributed by atoms with Gasteiger partial charge in [0.05, 0.1) is 15.2 Å². The molecule has 3 atom stereocenters. The van der Waals surface area contributed by atoms with Crippen molar-refractivity contribution in [1.82, 2.24) is 0 Å².